The fraction of sp³-hybridized carbons (Fsp3) is 0.190. The van der Waals surface area contributed by atoms with E-state index in [2.05, 4.69) is 20.6 Å². The zero-order valence-electron chi connectivity index (χ0n) is 16.4. The van der Waals surface area contributed by atoms with Crippen molar-refractivity contribution in [3.63, 3.8) is 0 Å². The molecule has 0 saturated carbocycles. The Bertz CT molecular complexity index is 954. The molecule has 144 valence electrons. The molecule has 0 fully saturated rings. The monoisotopic (exact) mass is 377 g/mol. The first kappa shape index (κ1) is 19.2. The topological polar surface area (TPSA) is 79.4 Å². The number of aromatic nitrogens is 2. The highest BCUT2D eigenvalue weighted by Gasteiger charge is 2.07. The smallest absolute Gasteiger partial charge is 0.337 e. The van der Waals surface area contributed by atoms with Gasteiger partial charge in [0.25, 0.3) is 0 Å². The summed E-state index contributed by atoms with van der Waals surface area (Å²) in [7, 11) is 5.37. The summed E-state index contributed by atoms with van der Waals surface area (Å²) in [6.45, 7) is 1.91. The number of nitrogens with one attached hydrogen (secondary N) is 2. The maximum Gasteiger partial charge on any atom is 0.337 e. The number of methoxy groups -OCH3 is 1. The highest BCUT2D eigenvalue weighted by molar-refractivity contribution is 5.89. The predicted octanol–water partition coefficient (Wildman–Crippen LogP) is 4.12. The Hall–Kier alpha value is -3.61. The molecule has 0 bridgehead atoms. The molecule has 0 amide bonds. The number of carbonyl (C=O) groups excluding carboxylic acids is 1. The van der Waals surface area contributed by atoms with Crippen molar-refractivity contribution in [2.75, 3.05) is 36.7 Å². The van der Waals surface area contributed by atoms with E-state index < -0.39 is 0 Å². The van der Waals surface area contributed by atoms with Crippen LogP contribution in [0.3, 0.4) is 0 Å². The minimum absolute atomic E-state index is 0.370. The molecule has 28 heavy (non-hydrogen) atoms. The molecule has 1 heterocycles. The van der Waals surface area contributed by atoms with Gasteiger partial charge in [0.1, 0.15) is 5.82 Å². The van der Waals surface area contributed by atoms with Gasteiger partial charge in [-0.3, -0.25) is 0 Å². The second kappa shape index (κ2) is 8.39. The third-order valence-electron chi connectivity index (χ3n) is 4.07. The molecule has 2 N–H and O–H groups in total. The van der Waals surface area contributed by atoms with Crippen LogP contribution < -0.4 is 15.5 Å². The number of aryl methyl sites for hydroxylation is 1. The lowest BCUT2D eigenvalue weighted by Gasteiger charge is -2.14. The number of rotatable bonds is 6. The van der Waals surface area contributed by atoms with Crippen molar-refractivity contribution in [2.24, 2.45) is 0 Å². The molecule has 0 aliphatic rings. The maximum atomic E-state index is 11.5. The van der Waals surface area contributed by atoms with E-state index in [0.29, 0.717) is 17.3 Å². The Kier molecular flexibility index (Phi) is 5.74. The van der Waals surface area contributed by atoms with E-state index in [1.165, 1.54) is 7.11 Å². The third kappa shape index (κ3) is 4.76. The molecule has 7 heteroatoms. The molecule has 3 aromatic rings. The fourth-order valence-corrected chi connectivity index (χ4v) is 2.62. The molecular formula is C21H23N5O2. The molecular weight excluding hydrogens is 354 g/mol. The van der Waals surface area contributed by atoms with Crippen LogP contribution in [0.1, 0.15) is 16.1 Å². The van der Waals surface area contributed by atoms with E-state index in [-0.39, 0.29) is 5.97 Å². The van der Waals surface area contributed by atoms with E-state index >= 15 is 0 Å². The predicted molar refractivity (Wildman–Crippen MR) is 112 cm³/mol. The number of esters is 1. The summed E-state index contributed by atoms with van der Waals surface area (Å²) in [5, 5.41) is 6.46. The van der Waals surface area contributed by atoms with Gasteiger partial charge in [0.2, 0.25) is 5.95 Å². The Morgan fingerprint density at radius 3 is 2.14 bits per heavy atom. The van der Waals surface area contributed by atoms with Crippen molar-refractivity contribution in [3.8, 4) is 0 Å². The quantitative estimate of drug-likeness (QED) is 0.625. The van der Waals surface area contributed by atoms with Gasteiger partial charge in [-0.25, -0.2) is 9.78 Å². The summed E-state index contributed by atoms with van der Waals surface area (Å²) in [5.74, 6) is 0.794. The van der Waals surface area contributed by atoms with Crippen molar-refractivity contribution in [3.05, 3.63) is 65.9 Å². The van der Waals surface area contributed by atoms with Crippen molar-refractivity contribution >= 4 is 34.8 Å². The van der Waals surface area contributed by atoms with Crippen molar-refractivity contribution in [1.82, 2.24) is 9.97 Å². The zero-order valence-corrected chi connectivity index (χ0v) is 16.4. The number of anilines is 5. The van der Waals surface area contributed by atoms with Crippen molar-refractivity contribution in [2.45, 2.75) is 6.92 Å². The number of hydrogen-bond acceptors (Lipinski definition) is 7. The third-order valence-corrected chi connectivity index (χ3v) is 4.07. The van der Waals surface area contributed by atoms with Crippen LogP contribution in [0.15, 0.2) is 54.6 Å². The van der Waals surface area contributed by atoms with E-state index in [9.17, 15) is 4.79 Å². The Labute approximate surface area is 164 Å². The lowest BCUT2D eigenvalue weighted by Crippen LogP contribution is -2.08. The van der Waals surface area contributed by atoms with Gasteiger partial charge < -0.3 is 20.3 Å². The van der Waals surface area contributed by atoms with Gasteiger partial charge >= 0.3 is 5.97 Å². The van der Waals surface area contributed by atoms with Gasteiger partial charge in [-0.1, -0.05) is 0 Å². The Morgan fingerprint density at radius 1 is 0.929 bits per heavy atom. The molecule has 0 radical (unpaired) electrons. The van der Waals surface area contributed by atoms with Crippen LogP contribution in [-0.2, 0) is 4.74 Å². The van der Waals surface area contributed by atoms with E-state index in [4.69, 9.17) is 4.74 Å². The highest BCUT2D eigenvalue weighted by atomic mass is 16.5. The van der Waals surface area contributed by atoms with Gasteiger partial charge in [-0.05, 0) is 55.5 Å². The van der Waals surface area contributed by atoms with Gasteiger partial charge in [0.05, 0.1) is 12.7 Å². The second-order valence-electron chi connectivity index (χ2n) is 6.48. The molecule has 0 aliphatic carbocycles. The average Bonchev–Trinajstić information content (AvgIpc) is 2.68. The van der Waals surface area contributed by atoms with Crippen molar-refractivity contribution < 1.29 is 9.53 Å². The number of benzene rings is 2. The Balaban J connectivity index is 1.75. The molecule has 0 aliphatic heterocycles. The second-order valence-corrected chi connectivity index (χ2v) is 6.48. The van der Waals surface area contributed by atoms with Crippen LogP contribution >= 0.6 is 0 Å². The molecule has 7 nitrogen and oxygen atoms in total. The van der Waals surface area contributed by atoms with Gasteiger partial charge in [-0.2, -0.15) is 4.98 Å². The molecule has 3 rings (SSSR count). The van der Waals surface area contributed by atoms with Crippen LogP contribution in [0.5, 0.6) is 0 Å². The number of hydrogen-bond donors (Lipinski definition) is 2. The molecule has 0 atom stereocenters. The largest absolute Gasteiger partial charge is 0.465 e. The molecule has 1 aromatic heterocycles. The standard InChI is InChI=1S/C21H23N5O2/c1-14-13-19(23-16-9-11-18(12-10-16)26(2)3)25-21(22-14)24-17-7-5-15(6-8-17)20(27)28-4/h5-13H,1-4H3,(H2,22,23,24,25). The van der Waals surface area contributed by atoms with Crippen LogP contribution in [-0.4, -0.2) is 37.1 Å². The first-order valence-corrected chi connectivity index (χ1v) is 8.80. The SMILES string of the molecule is COC(=O)c1ccc(Nc2nc(C)cc(Nc3ccc(N(C)C)cc3)n2)cc1. The summed E-state index contributed by atoms with van der Waals surface area (Å²) >= 11 is 0. The normalized spacial score (nSPS) is 10.3. The van der Waals surface area contributed by atoms with Crippen LogP contribution in [0.4, 0.5) is 28.8 Å². The van der Waals surface area contributed by atoms with E-state index in [1.54, 1.807) is 24.3 Å². The highest BCUT2D eigenvalue weighted by Crippen LogP contribution is 2.21. The number of nitrogens with zero attached hydrogens (tertiary/aromatic N) is 3. The Morgan fingerprint density at radius 2 is 1.54 bits per heavy atom. The van der Waals surface area contributed by atoms with Crippen LogP contribution in [0.2, 0.25) is 0 Å². The number of ether oxygens (including phenoxy) is 1. The number of carbonyl (C=O) groups is 1. The average molecular weight is 377 g/mol. The van der Waals surface area contributed by atoms with Crippen LogP contribution in [0, 0.1) is 6.92 Å². The lowest BCUT2D eigenvalue weighted by molar-refractivity contribution is 0.0601. The minimum atomic E-state index is -0.370. The zero-order chi connectivity index (χ0) is 20.1. The first-order valence-electron chi connectivity index (χ1n) is 8.80. The van der Waals surface area contributed by atoms with E-state index in [1.807, 2.05) is 56.3 Å². The molecule has 0 spiro atoms. The first-order chi connectivity index (χ1) is 13.4. The minimum Gasteiger partial charge on any atom is -0.465 e. The van der Waals surface area contributed by atoms with Gasteiger partial charge in [-0.15, -0.1) is 0 Å². The summed E-state index contributed by atoms with van der Waals surface area (Å²) in [4.78, 5) is 22.5. The molecule has 0 unspecified atom stereocenters. The lowest BCUT2D eigenvalue weighted by atomic mass is 10.2. The molecule has 0 saturated heterocycles. The van der Waals surface area contributed by atoms with Crippen LogP contribution in [0.25, 0.3) is 0 Å². The summed E-state index contributed by atoms with van der Waals surface area (Å²) in [6, 6.07) is 16.9. The summed E-state index contributed by atoms with van der Waals surface area (Å²) < 4.78 is 4.71. The fourth-order valence-electron chi connectivity index (χ4n) is 2.62. The van der Waals surface area contributed by atoms with Crippen molar-refractivity contribution in [1.29, 1.82) is 0 Å². The molecule has 2 aromatic carbocycles. The van der Waals surface area contributed by atoms with Gasteiger partial charge in [0, 0.05) is 42.9 Å². The van der Waals surface area contributed by atoms with E-state index in [0.717, 1.165) is 22.8 Å². The maximum absolute atomic E-state index is 11.5. The summed E-state index contributed by atoms with van der Waals surface area (Å²) in [5.41, 5.74) is 4.16. The van der Waals surface area contributed by atoms with Gasteiger partial charge in [0.15, 0.2) is 0 Å². The summed E-state index contributed by atoms with van der Waals surface area (Å²) in [6.07, 6.45) is 0.